The predicted molar refractivity (Wildman–Crippen MR) is 148 cm³/mol. The van der Waals surface area contributed by atoms with Crippen LogP contribution < -0.4 is 4.74 Å². The second kappa shape index (κ2) is 9.91. The maximum Gasteiger partial charge on any atom is 0.156 e. The zero-order valence-corrected chi connectivity index (χ0v) is 23.5. The van der Waals surface area contributed by atoms with Crippen LogP contribution in [-0.4, -0.2) is 61.5 Å². The number of fused-ring (bicyclic) bond motifs is 3. The van der Waals surface area contributed by atoms with E-state index < -0.39 is 5.60 Å². The molecule has 1 N–H and O–H groups in total. The number of aromatic nitrogens is 3. The van der Waals surface area contributed by atoms with Gasteiger partial charge in [-0.05, 0) is 96.7 Å². The smallest absolute Gasteiger partial charge is 0.156 e. The number of benzene rings is 1. The first kappa shape index (κ1) is 26.0. The number of likely N-dealkylation sites (tertiary alicyclic amines) is 1. The van der Waals surface area contributed by atoms with Crippen molar-refractivity contribution in [3.05, 3.63) is 53.3 Å². The fourth-order valence-electron chi connectivity index (χ4n) is 6.22. The molecule has 37 heavy (non-hydrogen) atoms. The minimum atomic E-state index is -0.601. The SMILES string of the molecule is CC1=C2c3cc(C(C)N4CCC(C(C)(C)O)CC4)ccc3OCCN2C=C(c2ncnn2C(C)C)C1C. The highest BCUT2D eigenvalue weighted by Crippen LogP contribution is 2.44. The Morgan fingerprint density at radius 1 is 1.11 bits per heavy atom. The van der Waals surface area contributed by atoms with Gasteiger partial charge in [-0.15, -0.1) is 0 Å². The lowest BCUT2D eigenvalue weighted by Gasteiger charge is -2.40. The van der Waals surface area contributed by atoms with Crippen molar-refractivity contribution in [1.82, 2.24) is 24.6 Å². The number of hydrogen-bond donors (Lipinski definition) is 1. The Balaban J connectivity index is 1.45. The van der Waals surface area contributed by atoms with Crippen LogP contribution in [0.15, 0.2) is 36.3 Å². The second-order valence-electron chi connectivity index (χ2n) is 11.9. The Morgan fingerprint density at radius 3 is 2.51 bits per heavy atom. The molecule has 5 rings (SSSR count). The summed E-state index contributed by atoms with van der Waals surface area (Å²) in [6.07, 6.45) is 6.00. The van der Waals surface area contributed by atoms with Crippen LogP contribution in [-0.2, 0) is 0 Å². The van der Waals surface area contributed by atoms with Crippen molar-refractivity contribution < 1.29 is 9.84 Å². The van der Waals surface area contributed by atoms with Gasteiger partial charge in [-0.3, -0.25) is 4.90 Å². The second-order valence-corrected chi connectivity index (χ2v) is 11.9. The summed E-state index contributed by atoms with van der Waals surface area (Å²) in [5.41, 5.74) is 5.69. The average molecular weight is 506 g/mol. The Morgan fingerprint density at radius 2 is 1.84 bits per heavy atom. The van der Waals surface area contributed by atoms with Gasteiger partial charge in [0.2, 0.25) is 0 Å². The molecule has 1 saturated heterocycles. The quantitative estimate of drug-likeness (QED) is 0.577. The molecule has 1 aromatic heterocycles. The van der Waals surface area contributed by atoms with E-state index in [1.165, 1.54) is 28.0 Å². The summed E-state index contributed by atoms with van der Waals surface area (Å²) >= 11 is 0. The number of piperidine rings is 1. The highest BCUT2D eigenvalue weighted by molar-refractivity contribution is 5.81. The average Bonchev–Trinajstić information content (AvgIpc) is 3.28. The fourth-order valence-corrected chi connectivity index (χ4v) is 6.22. The molecule has 200 valence electrons. The third-order valence-corrected chi connectivity index (χ3v) is 8.80. The molecular weight excluding hydrogens is 462 g/mol. The molecule has 1 aromatic carbocycles. The molecule has 2 aromatic rings. The molecule has 2 atom stereocenters. The van der Waals surface area contributed by atoms with Crippen molar-refractivity contribution in [2.45, 2.75) is 79.0 Å². The van der Waals surface area contributed by atoms with Crippen LogP contribution in [0.3, 0.4) is 0 Å². The zero-order chi connectivity index (χ0) is 26.5. The van der Waals surface area contributed by atoms with Crippen LogP contribution >= 0.6 is 0 Å². The van der Waals surface area contributed by atoms with Crippen molar-refractivity contribution >= 4 is 11.3 Å². The van der Waals surface area contributed by atoms with Crippen LogP contribution in [0.4, 0.5) is 0 Å². The van der Waals surface area contributed by atoms with Crippen molar-refractivity contribution in [1.29, 1.82) is 0 Å². The van der Waals surface area contributed by atoms with Gasteiger partial charge in [-0.2, -0.15) is 5.10 Å². The summed E-state index contributed by atoms with van der Waals surface area (Å²) in [4.78, 5) is 9.56. The molecular formula is C30H43N5O2. The van der Waals surface area contributed by atoms with Crippen molar-refractivity contribution in [3.8, 4) is 5.75 Å². The molecule has 1 fully saturated rings. The summed E-state index contributed by atoms with van der Waals surface area (Å²) in [5, 5.41) is 15.0. The number of nitrogens with zero attached hydrogens (tertiary/aromatic N) is 5. The minimum Gasteiger partial charge on any atom is -0.491 e. The molecule has 7 nitrogen and oxygen atoms in total. The van der Waals surface area contributed by atoms with E-state index in [1.54, 1.807) is 6.33 Å². The van der Waals surface area contributed by atoms with Gasteiger partial charge in [0.1, 0.15) is 18.7 Å². The Bertz CT molecular complexity index is 1200. The number of hydrogen-bond acceptors (Lipinski definition) is 6. The largest absolute Gasteiger partial charge is 0.491 e. The maximum atomic E-state index is 10.5. The molecule has 0 spiro atoms. The van der Waals surface area contributed by atoms with Gasteiger partial charge in [0.05, 0.1) is 17.8 Å². The highest BCUT2D eigenvalue weighted by Gasteiger charge is 2.34. The molecule has 3 aliphatic heterocycles. The Hall–Kier alpha value is -2.64. The van der Waals surface area contributed by atoms with E-state index in [0.717, 1.165) is 44.0 Å². The minimum absolute atomic E-state index is 0.223. The summed E-state index contributed by atoms with van der Waals surface area (Å²) in [6, 6.07) is 7.30. The summed E-state index contributed by atoms with van der Waals surface area (Å²) < 4.78 is 8.28. The third-order valence-electron chi connectivity index (χ3n) is 8.80. The van der Waals surface area contributed by atoms with Crippen LogP contribution in [0, 0.1) is 11.8 Å². The van der Waals surface area contributed by atoms with Gasteiger partial charge in [0, 0.05) is 35.3 Å². The molecule has 0 amide bonds. The fraction of sp³-hybridized carbons (Fsp3) is 0.600. The first-order chi connectivity index (χ1) is 17.6. The van der Waals surface area contributed by atoms with E-state index in [-0.39, 0.29) is 12.0 Å². The third kappa shape index (κ3) is 4.84. The highest BCUT2D eigenvalue weighted by atomic mass is 16.5. The molecule has 0 aliphatic carbocycles. The van der Waals surface area contributed by atoms with Crippen LogP contribution in [0.25, 0.3) is 11.3 Å². The number of aliphatic hydroxyl groups is 1. The first-order valence-corrected chi connectivity index (χ1v) is 13.9. The van der Waals surface area contributed by atoms with E-state index in [0.29, 0.717) is 18.6 Å². The van der Waals surface area contributed by atoms with Gasteiger partial charge in [-0.1, -0.05) is 13.0 Å². The maximum absolute atomic E-state index is 10.5. The lowest BCUT2D eigenvalue weighted by atomic mass is 9.82. The van der Waals surface area contributed by atoms with Crippen molar-refractivity contribution in [2.75, 3.05) is 26.2 Å². The molecule has 7 heteroatoms. The van der Waals surface area contributed by atoms with Gasteiger partial charge in [-0.25, -0.2) is 9.67 Å². The van der Waals surface area contributed by atoms with E-state index in [9.17, 15) is 5.11 Å². The Kier molecular flexibility index (Phi) is 6.96. The van der Waals surface area contributed by atoms with Gasteiger partial charge < -0.3 is 14.7 Å². The topological polar surface area (TPSA) is 66.7 Å². The lowest BCUT2D eigenvalue weighted by Crippen LogP contribution is -2.42. The van der Waals surface area contributed by atoms with Crippen LogP contribution in [0.2, 0.25) is 0 Å². The number of ether oxygens (including phenoxy) is 1. The Labute approximate surface area is 221 Å². The molecule has 0 bridgehead atoms. The molecule has 0 saturated carbocycles. The van der Waals surface area contributed by atoms with E-state index in [2.05, 4.69) is 78.9 Å². The van der Waals surface area contributed by atoms with E-state index in [4.69, 9.17) is 4.74 Å². The van der Waals surface area contributed by atoms with Gasteiger partial charge >= 0.3 is 0 Å². The van der Waals surface area contributed by atoms with Crippen molar-refractivity contribution in [2.24, 2.45) is 11.8 Å². The van der Waals surface area contributed by atoms with Gasteiger partial charge in [0.25, 0.3) is 0 Å². The normalized spacial score (nSPS) is 22.4. The van der Waals surface area contributed by atoms with Crippen LogP contribution in [0.1, 0.15) is 90.3 Å². The lowest BCUT2D eigenvalue weighted by molar-refractivity contribution is -0.0179. The standard InChI is InChI=1S/C30H43N5O2/c1-19(2)35-29(31-18-32-35)26-17-34-14-15-37-27-9-8-23(16-25(27)28(34)21(4)20(26)3)22(5)33-12-10-24(11-13-33)30(6,7)36/h8-9,16-20,22,24,36H,10-15H2,1-7H3. The summed E-state index contributed by atoms with van der Waals surface area (Å²) in [5.74, 6) is 2.50. The molecule has 4 heterocycles. The molecule has 0 radical (unpaired) electrons. The van der Waals surface area contributed by atoms with Crippen molar-refractivity contribution in [3.63, 3.8) is 0 Å². The number of allylic oxidation sites excluding steroid dienone is 2. The molecule has 2 unspecified atom stereocenters. The number of rotatable bonds is 5. The van der Waals surface area contributed by atoms with Gasteiger partial charge in [0.15, 0.2) is 5.82 Å². The van der Waals surface area contributed by atoms with E-state index >= 15 is 0 Å². The predicted octanol–water partition coefficient (Wildman–Crippen LogP) is 5.52. The first-order valence-electron chi connectivity index (χ1n) is 13.9. The van der Waals surface area contributed by atoms with Crippen LogP contribution in [0.5, 0.6) is 5.75 Å². The summed E-state index contributed by atoms with van der Waals surface area (Å²) in [7, 11) is 0. The molecule has 3 aliphatic rings. The zero-order valence-electron chi connectivity index (χ0n) is 23.5. The van der Waals surface area contributed by atoms with E-state index in [1.807, 2.05) is 18.5 Å². The summed E-state index contributed by atoms with van der Waals surface area (Å²) in [6.45, 7) is 18.5. The monoisotopic (exact) mass is 505 g/mol.